The summed E-state index contributed by atoms with van der Waals surface area (Å²) in [5.74, 6) is 4.01. The van der Waals surface area contributed by atoms with E-state index in [9.17, 15) is 0 Å². The fourth-order valence-electron chi connectivity index (χ4n) is 6.86. The van der Waals surface area contributed by atoms with Crippen LogP contribution in [0.25, 0.3) is 0 Å². The summed E-state index contributed by atoms with van der Waals surface area (Å²) in [6, 6.07) is 1.00. The van der Waals surface area contributed by atoms with Gasteiger partial charge in [0.05, 0.1) is 0 Å². The average molecular weight is 467 g/mol. The van der Waals surface area contributed by atoms with Gasteiger partial charge in [-0.1, -0.05) is 63.6 Å². The average Bonchev–Trinajstić information content (AvgIpc) is 2.91. The highest BCUT2D eigenvalue weighted by molar-refractivity contribution is 5.06. The number of nitrogens with one attached hydrogen (secondary N) is 2. The fourth-order valence-corrected chi connectivity index (χ4v) is 6.86. The van der Waals surface area contributed by atoms with Gasteiger partial charge in [-0.3, -0.25) is 0 Å². The van der Waals surface area contributed by atoms with Crippen LogP contribution in [0.3, 0.4) is 0 Å². The molecule has 2 fully saturated rings. The van der Waals surface area contributed by atoms with Crippen LogP contribution in [0.4, 0.5) is 0 Å². The predicted molar refractivity (Wildman–Crippen MR) is 151 cm³/mol. The molecule has 0 spiro atoms. The minimum absolute atomic E-state index is 0.474. The van der Waals surface area contributed by atoms with Gasteiger partial charge in [0.15, 0.2) is 0 Å². The molecule has 8 atom stereocenters. The summed E-state index contributed by atoms with van der Waals surface area (Å²) in [6.07, 6.45) is 21.2. The molecule has 2 aliphatic rings. The molecule has 0 aromatic rings. The van der Waals surface area contributed by atoms with Crippen molar-refractivity contribution < 1.29 is 0 Å². The Balaban J connectivity index is 2.18. The Hall–Kier alpha value is -1.34. The van der Waals surface area contributed by atoms with E-state index in [0.29, 0.717) is 35.8 Å². The van der Waals surface area contributed by atoms with Crippen LogP contribution < -0.4 is 10.6 Å². The van der Waals surface area contributed by atoms with E-state index in [2.05, 4.69) is 94.5 Å². The molecule has 2 N–H and O–H groups in total. The van der Waals surface area contributed by atoms with Crippen LogP contribution >= 0.6 is 0 Å². The zero-order valence-corrected chi connectivity index (χ0v) is 23.0. The third kappa shape index (κ3) is 8.40. The zero-order valence-electron chi connectivity index (χ0n) is 23.0. The highest BCUT2D eigenvalue weighted by Gasteiger charge is 2.35. The molecule has 1 heterocycles. The van der Waals surface area contributed by atoms with Gasteiger partial charge in [0.2, 0.25) is 0 Å². The van der Waals surface area contributed by atoms with Crippen molar-refractivity contribution in [2.75, 3.05) is 13.1 Å². The molecular formula is C32H54N2. The Morgan fingerprint density at radius 1 is 1.12 bits per heavy atom. The standard InChI is InChI=1S/C32H54N2/c1-8-13-17-27(15-9-2)25(7)31-23-33-22-30(20-24(6)34-32(31)16-10-3)29-19-14-18-28(21-29)26(11-4)12-5/h8-10,13,15,24-25,27-34H,3-4,12,14,16-23H2,1-2,5-7H3/b13-8+,15-9-. The van der Waals surface area contributed by atoms with Crippen LogP contribution in [0.5, 0.6) is 0 Å². The van der Waals surface area contributed by atoms with Crippen LogP contribution in [-0.2, 0) is 0 Å². The van der Waals surface area contributed by atoms with Crippen LogP contribution in [0.15, 0.2) is 54.8 Å². The minimum Gasteiger partial charge on any atom is -0.316 e. The van der Waals surface area contributed by atoms with Crippen molar-refractivity contribution in [3.05, 3.63) is 54.8 Å². The van der Waals surface area contributed by atoms with Gasteiger partial charge >= 0.3 is 0 Å². The molecule has 1 saturated carbocycles. The van der Waals surface area contributed by atoms with E-state index < -0.39 is 0 Å². The van der Waals surface area contributed by atoms with Gasteiger partial charge in [0.1, 0.15) is 0 Å². The molecule has 192 valence electrons. The van der Waals surface area contributed by atoms with Gasteiger partial charge < -0.3 is 10.6 Å². The van der Waals surface area contributed by atoms with Gasteiger partial charge in [0, 0.05) is 12.1 Å². The first-order valence-corrected chi connectivity index (χ1v) is 14.2. The maximum atomic E-state index is 4.11. The first kappa shape index (κ1) is 28.9. The topological polar surface area (TPSA) is 24.1 Å². The van der Waals surface area contributed by atoms with Crippen molar-refractivity contribution in [1.82, 2.24) is 10.6 Å². The second kappa shape index (κ2) is 15.6. The molecule has 2 nitrogen and oxygen atoms in total. The number of hydrogen-bond acceptors (Lipinski definition) is 2. The van der Waals surface area contributed by atoms with Gasteiger partial charge in [-0.15, -0.1) is 12.3 Å². The van der Waals surface area contributed by atoms with E-state index in [-0.39, 0.29) is 0 Å². The molecule has 0 amide bonds. The monoisotopic (exact) mass is 466 g/mol. The van der Waals surface area contributed by atoms with Crippen LogP contribution in [0.2, 0.25) is 0 Å². The Morgan fingerprint density at radius 2 is 1.91 bits per heavy atom. The van der Waals surface area contributed by atoms with Gasteiger partial charge in [-0.25, -0.2) is 0 Å². The Kier molecular flexibility index (Phi) is 13.3. The molecule has 34 heavy (non-hydrogen) atoms. The number of allylic oxidation sites excluding steroid dienone is 5. The zero-order chi connectivity index (χ0) is 24.9. The van der Waals surface area contributed by atoms with Crippen molar-refractivity contribution in [3.63, 3.8) is 0 Å². The maximum Gasteiger partial charge on any atom is 0.0147 e. The molecule has 2 heteroatoms. The third-order valence-corrected chi connectivity index (χ3v) is 8.80. The number of rotatable bonds is 10. The van der Waals surface area contributed by atoms with Crippen molar-refractivity contribution in [1.29, 1.82) is 0 Å². The van der Waals surface area contributed by atoms with E-state index in [1.165, 1.54) is 37.7 Å². The lowest BCUT2D eigenvalue weighted by Crippen LogP contribution is -2.47. The van der Waals surface area contributed by atoms with Crippen molar-refractivity contribution >= 4 is 0 Å². The number of hydrogen-bond donors (Lipinski definition) is 2. The summed E-state index contributed by atoms with van der Waals surface area (Å²) in [5.41, 5.74) is 4.74. The van der Waals surface area contributed by atoms with Gasteiger partial charge in [-0.05, 0) is 113 Å². The molecule has 1 aliphatic heterocycles. The Bertz CT molecular complexity index is 698. The Morgan fingerprint density at radius 3 is 2.56 bits per heavy atom. The maximum absolute atomic E-state index is 4.11. The molecule has 0 aromatic heterocycles. The molecule has 8 unspecified atom stereocenters. The van der Waals surface area contributed by atoms with Crippen LogP contribution in [0, 0.1) is 35.5 Å². The molecule has 1 saturated heterocycles. The summed E-state index contributed by atoms with van der Waals surface area (Å²) in [4.78, 5) is 0. The van der Waals surface area contributed by atoms with E-state index in [0.717, 1.165) is 44.2 Å². The first-order chi connectivity index (χ1) is 16.5. The fraction of sp³-hybridized carbons (Fsp3) is 0.719. The SMILES string of the molecule is C=C=C(CC)C1CCCC(C2CNCC(C(C)C(/C=C\C)C/C=C/C)C(CC=C)NC(C)C2)C1. The highest BCUT2D eigenvalue weighted by atomic mass is 15.0. The molecule has 0 aromatic carbocycles. The van der Waals surface area contributed by atoms with E-state index in [1.54, 1.807) is 0 Å². The summed E-state index contributed by atoms with van der Waals surface area (Å²) in [7, 11) is 0. The molecular weight excluding hydrogens is 412 g/mol. The normalized spacial score (nSPS) is 33.0. The van der Waals surface area contributed by atoms with Crippen molar-refractivity contribution in [2.24, 2.45) is 35.5 Å². The molecule has 1 aliphatic carbocycles. The largest absolute Gasteiger partial charge is 0.316 e. The molecule has 2 rings (SSSR count). The highest BCUT2D eigenvalue weighted by Crippen LogP contribution is 2.40. The predicted octanol–water partition coefficient (Wildman–Crippen LogP) is 7.86. The quantitative estimate of drug-likeness (QED) is 0.253. The lowest BCUT2D eigenvalue weighted by Gasteiger charge is -2.37. The van der Waals surface area contributed by atoms with Crippen molar-refractivity contribution in [2.45, 2.75) is 98.1 Å². The molecule has 0 bridgehead atoms. The summed E-state index contributed by atoms with van der Waals surface area (Å²) in [5, 5.41) is 8.08. The summed E-state index contributed by atoms with van der Waals surface area (Å²) >= 11 is 0. The lowest BCUT2D eigenvalue weighted by molar-refractivity contribution is 0.188. The second-order valence-electron chi connectivity index (χ2n) is 11.0. The van der Waals surface area contributed by atoms with Crippen molar-refractivity contribution in [3.8, 4) is 0 Å². The summed E-state index contributed by atoms with van der Waals surface area (Å²) < 4.78 is 0. The lowest BCUT2D eigenvalue weighted by atomic mass is 9.71. The van der Waals surface area contributed by atoms with E-state index in [4.69, 9.17) is 0 Å². The van der Waals surface area contributed by atoms with E-state index >= 15 is 0 Å². The van der Waals surface area contributed by atoms with Crippen LogP contribution in [0.1, 0.15) is 86.0 Å². The molecule has 0 radical (unpaired) electrons. The smallest absolute Gasteiger partial charge is 0.0147 e. The summed E-state index contributed by atoms with van der Waals surface area (Å²) in [6.45, 7) is 21.8. The Labute approximate surface area is 212 Å². The first-order valence-electron chi connectivity index (χ1n) is 14.2. The van der Waals surface area contributed by atoms with Crippen LogP contribution in [-0.4, -0.2) is 25.2 Å². The van der Waals surface area contributed by atoms with Gasteiger partial charge in [-0.2, -0.15) is 0 Å². The minimum atomic E-state index is 0.474. The van der Waals surface area contributed by atoms with Gasteiger partial charge in [0.25, 0.3) is 0 Å². The third-order valence-electron chi connectivity index (χ3n) is 8.80. The van der Waals surface area contributed by atoms with E-state index in [1.807, 2.05) is 0 Å². The second-order valence-corrected chi connectivity index (χ2v) is 11.0.